The SMILES string of the molecule is CC(NC(=O)CN1CCCC(c2ccccc2)CC1)C(=O)N(C)C. The highest BCUT2D eigenvalue weighted by atomic mass is 16.2. The Morgan fingerprint density at radius 3 is 2.58 bits per heavy atom. The zero-order chi connectivity index (χ0) is 17.5. The van der Waals surface area contributed by atoms with Crippen molar-refractivity contribution in [1.82, 2.24) is 15.1 Å². The number of likely N-dealkylation sites (N-methyl/N-ethyl adjacent to an activating group) is 1. The van der Waals surface area contributed by atoms with Crippen molar-refractivity contribution in [2.75, 3.05) is 33.7 Å². The molecule has 2 rings (SSSR count). The van der Waals surface area contributed by atoms with E-state index in [1.54, 1.807) is 21.0 Å². The molecule has 0 radical (unpaired) electrons. The lowest BCUT2D eigenvalue weighted by atomic mass is 9.92. The van der Waals surface area contributed by atoms with Gasteiger partial charge in [0.2, 0.25) is 11.8 Å². The van der Waals surface area contributed by atoms with Gasteiger partial charge in [0.15, 0.2) is 0 Å². The van der Waals surface area contributed by atoms with Crippen LogP contribution < -0.4 is 5.32 Å². The van der Waals surface area contributed by atoms with Gasteiger partial charge in [-0.25, -0.2) is 0 Å². The summed E-state index contributed by atoms with van der Waals surface area (Å²) in [5.74, 6) is 0.424. The molecule has 0 aliphatic carbocycles. The first-order valence-corrected chi connectivity index (χ1v) is 8.75. The molecule has 1 fully saturated rings. The van der Waals surface area contributed by atoms with Crippen LogP contribution in [-0.4, -0.2) is 61.4 Å². The molecule has 1 heterocycles. The number of rotatable bonds is 5. The highest BCUT2D eigenvalue weighted by Gasteiger charge is 2.22. The summed E-state index contributed by atoms with van der Waals surface area (Å²) in [6.45, 7) is 3.95. The van der Waals surface area contributed by atoms with Crippen LogP contribution in [0.4, 0.5) is 0 Å². The highest BCUT2D eigenvalue weighted by molar-refractivity contribution is 5.87. The summed E-state index contributed by atoms with van der Waals surface area (Å²) in [6, 6.07) is 10.1. The van der Waals surface area contributed by atoms with E-state index in [0.29, 0.717) is 12.5 Å². The van der Waals surface area contributed by atoms with Gasteiger partial charge < -0.3 is 10.2 Å². The molecule has 0 saturated carbocycles. The summed E-state index contributed by atoms with van der Waals surface area (Å²) in [7, 11) is 3.40. The maximum Gasteiger partial charge on any atom is 0.244 e. The fraction of sp³-hybridized carbons (Fsp3) is 0.579. The molecule has 132 valence electrons. The fourth-order valence-corrected chi connectivity index (χ4v) is 3.31. The molecule has 0 spiro atoms. The first-order chi connectivity index (χ1) is 11.5. The van der Waals surface area contributed by atoms with Gasteiger partial charge in [-0.05, 0) is 50.8 Å². The van der Waals surface area contributed by atoms with E-state index < -0.39 is 6.04 Å². The zero-order valence-electron chi connectivity index (χ0n) is 15.0. The molecular weight excluding hydrogens is 302 g/mol. The molecule has 1 aromatic rings. The third-order valence-electron chi connectivity index (χ3n) is 4.65. The highest BCUT2D eigenvalue weighted by Crippen LogP contribution is 2.27. The first-order valence-electron chi connectivity index (χ1n) is 8.75. The summed E-state index contributed by atoms with van der Waals surface area (Å²) in [6.07, 6.45) is 3.33. The minimum atomic E-state index is -0.475. The lowest BCUT2D eigenvalue weighted by molar-refractivity contribution is -0.134. The molecular formula is C19H29N3O2. The maximum atomic E-state index is 12.2. The van der Waals surface area contributed by atoms with E-state index in [1.165, 1.54) is 10.5 Å². The van der Waals surface area contributed by atoms with Gasteiger partial charge in [-0.15, -0.1) is 0 Å². The average Bonchev–Trinajstić information content (AvgIpc) is 2.80. The quantitative estimate of drug-likeness (QED) is 0.896. The van der Waals surface area contributed by atoms with E-state index in [4.69, 9.17) is 0 Å². The van der Waals surface area contributed by atoms with Crippen LogP contribution in [-0.2, 0) is 9.59 Å². The minimum Gasteiger partial charge on any atom is -0.347 e. The summed E-state index contributed by atoms with van der Waals surface area (Å²) >= 11 is 0. The number of likely N-dealkylation sites (tertiary alicyclic amines) is 1. The van der Waals surface area contributed by atoms with Gasteiger partial charge in [0.1, 0.15) is 6.04 Å². The smallest absolute Gasteiger partial charge is 0.244 e. The van der Waals surface area contributed by atoms with Crippen LogP contribution in [0.25, 0.3) is 0 Å². The monoisotopic (exact) mass is 331 g/mol. The van der Waals surface area contributed by atoms with E-state index in [9.17, 15) is 9.59 Å². The second kappa shape index (κ2) is 8.83. The minimum absolute atomic E-state index is 0.0733. The molecule has 5 nitrogen and oxygen atoms in total. The Bertz CT molecular complexity index is 545. The van der Waals surface area contributed by atoms with Crippen molar-refractivity contribution in [2.24, 2.45) is 0 Å². The van der Waals surface area contributed by atoms with E-state index in [2.05, 4.69) is 34.5 Å². The summed E-state index contributed by atoms with van der Waals surface area (Å²) in [5.41, 5.74) is 1.40. The third-order valence-corrected chi connectivity index (χ3v) is 4.65. The number of hydrogen-bond acceptors (Lipinski definition) is 3. The summed E-state index contributed by atoms with van der Waals surface area (Å²) < 4.78 is 0. The predicted octanol–water partition coefficient (Wildman–Crippen LogP) is 1.85. The first kappa shape index (κ1) is 18.5. The molecule has 1 saturated heterocycles. The lowest BCUT2D eigenvalue weighted by Gasteiger charge is -2.22. The number of nitrogens with zero attached hydrogens (tertiary/aromatic N) is 2. The maximum absolute atomic E-state index is 12.2. The van der Waals surface area contributed by atoms with Crippen molar-refractivity contribution >= 4 is 11.8 Å². The van der Waals surface area contributed by atoms with Crippen molar-refractivity contribution in [1.29, 1.82) is 0 Å². The van der Waals surface area contributed by atoms with E-state index >= 15 is 0 Å². The van der Waals surface area contributed by atoms with E-state index in [1.807, 2.05) is 6.07 Å². The normalized spacial score (nSPS) is 20.0. The average molecular weight is 331 g/mol. The van der Waals surface area contributed by atoms with Gasteiger partial charge in [0.05, 0.1) is 6.54 Å². The molecule has 0 bridgehead atoms. The Morgan fingerprint density at radius 2 is 1.92 bits per heavy atom. The van der Waals surface area contributed by atoms with Crippen LogP contribution in [0, 0.1) is 0 Å². The number of carbonyl (C=O) groups excluding carboxylic acids is 2. The van der Waals surface area contributed by atoms with Gasteiger partial charge in [-0.2, -0.15) is 0 Å². The molecule has 1 aromatic carbocycles. The largest absolute Gasteiger partial charge is 0.347 e. The number of benzene rings is 1. The van der Waals surface area contributed by atoms with Crippen molar-refractivity contribution in [3.8, 4) is 0 Å². The Balaban J connectivity index is 1.81. The topological polar surface area (TPSA) is 52.7 Å². The molecule has 1 N–H and O–H groups in total. The molecule has 2 amide bonds. The molecule has 5 heteroatoms. The van der Waals surface area contributed by atoms with Crippen molar-refractivity contribution in [2.45, 2.75) is 38.1 Å². The van der Waals surface area contributed by atoms with Gasteiger partial charge in [-0.1, -0.05) is 30.3 Å². The Hall–Kier alpha value is -1.88. The van der Waals surface area contributed by atoms with Crippen LogP contribution in [0.1, 0.15) is 37.7 Å². The predicted molar refractivity (Wildman–Crippen MR) is 95.8 cm³/mol. The van der Waals surface area contributed by atoms with Gasteiger partial charge in [-0.3, -0.25) is 14.5 Å². The molecule has 2 unspecified atom stereocenters. The second-order valence-corrected chi connectivity index (χ2v) is 6.84. The van der Waals surface area contributed by atoms with E-state index in [-0.39, 0.29) is 11.8 Å². The van der Waals surface area contributed by atoms with Crippen LogP contribution in [0.2, 0.25) is 0 Å². The number of amides is 2. The summed E-state index contributed by atoms with van der Waals surface area (Å²) in [5, 5.41) is 2.80. The van der Waals surface area contributed by atoms with Crippen LogP contribution in [0.3, 0.4) is 0 Å². The van der Waals surface area contributed by atoms with Crippen molar-refractivity contribution < 1.29 is 9.59 Å². The molecule has 1 aliphatic rings. The fourth-order valence-electron chi connectivity index (χ4n) is 3.31. The van der Waals surface area contributed by atoms with Crippen LogP contribution in [0.5, 0.6) is 0 Å². The van der Waals surface area contributed by atoms with Gasteiger partial charge in [0, 0.05) is 14.1 Å². The second-order valence-electron chi connectivity index (χ2n) is 6.84. The molecule has 1 aliphatic heterocycles. The Labute approximate surface area is 145 Å². The van der Waals surface area contributed by atoms with Crippen molar-refractivity contribution in [3.63, 3.8) is 0 Å². The van der Waals surface area contributed by atoms with Crippen molar-refractivity contribution in [3.05, 3.63) is 35.9 Å². The third kappa shape index (κ3) is 5.34. The molecule has 2 atom stereocenters. The van der Waals surface area contributed by atoms with Gasteiger partial charge in [0.25, 0.3) is 0 Å². The Morgan fingerprint density at radius 1 is 1.21 bits per heavy atom. The standard InChI is InChI=1S/C19H29N3O2/c1-15(19(24)21(2)3)20-18(23)14-22-12-7-10-17(11-13-22)16-8-5-4-6-9-16/h4-6,8-9,15,17H,7,10-14H2,1-3H3,(H,20,23). The summed E-state index contributed by atoms with van der Waals surface area (Å²) in [4.78, 5) is 27.7. The van der Waals surface area contributed by atoms with Crippen LogP contribution >= 0.6 is 0 Å². The van der Waals surface area contributed by atoms with Crippen LogP contribution in [0.15, 0.2) is 30.3 Å². The lowest BCUT2D eigenvalue weighted by Crippen LogP contribution is -2.47. The number of nitrogens with one attached hydrogen (secondary N) is 1. The number of carbonyl (C=O) groups is 2. The zero-order valence-corrected chi connectivity index (χ0v) is 15.0. The molecule has 24 heavy (non-hydrogen) atoms. The Kier molecular flexibility index (Phi) is 6.79. The number of hydrogen-bond donors (Lipinski definition) is 1. The van der Waals surface area contributed by atoms with E-state index in [0.717, 1.165) is 32.4 Å². The molecule has 0 aromatic heterocycles. The van der Waals surface area contributed by atoms with Gasteiger partial charge >= 0.3 is 0 Å².